The van der Waals surface area contributed by atoms with E-state index in [1.807, 2.05) is 24.3 Å². The maximum absolute atomic E-state index is 11.8. The number of diazo groups is 1. The van der Waals surface area contributed by atoms with Crippen molar-refractivity contribution in [3.63, 3.8) is 0 Å². The Morgan fingerprint density at radius 1 is 1.27 bits per heavy atom. The molecule has 0 fully saturated rings. The van der Waals surface area contributed by atoms with Crippen LogP contribution < -0.4 is 16.3 Å². The van der Waals surface area contributed by atoms with E-state index in [0.717, 1.165) is 19.2 Å². The Hall–Kier alpha value is -2.73. The van der Waals surface area contributed by atoms with E-state index in [1.54, 1.807) is 0 Å². The fourth-order valence-electron chi connectivity index (χ4n) is 1.72. The summed E-state index contributed by atoms with van der Waals surface area (Å²) >= 11 is 3.32. The standard InChI is InChI=1S/C13H11BrN6O2/c1-19-11(10(17-15)12(21)20(2)13(19)22)18-16-7-8-3-5-9(14)6-4-8/h3-7H,1-2H3/b16-7+. The van der Waals surface area contributed by atoms with Gasteiger partial charge in [0.2, 0.25) is 5.39 Å². The van der Waals surface area contributed by atoms with E-state index in [1.165, 1.54) is 20.3 Å². The van der Waals surface area contributed by atoms with E-state index in [9.17, 15) is 9.90 Å². The Labute approximate surface area is 133 Å². The van der Waals surface area contributed by atoms with Crippen LogP contribution in [0.1, 0.15) is 5.56 Å². The second-order valence-corrected chi connectivity index (χ2v) is 5.29. The Morgan fingerprint density at radius 2 is 1.91 bits per heavy atom. The lowest BCUT2D eigenvalue weighted by atomic mass is 10.2. The van der Waals surface area contributed by atoms with E-state index in [0.29, 0.717) is 0 Å². The van der Waals surface area contributed by atoms with E-state index in [2.05, 4.69) is 31.1 Å². The second-order valence-electron chi connectivity index (χ2n) is 4.37. The summed E-state index contributed by atoms with van der Waals surface area (Å²) in [5.41, 5.74) is -0.278. The van der Waals surface area contributed by atoms with Crippen LogP contribution in [0.4, 0.5) is 5.69 Å². The predicted molar refractivity (Wildman–Crippen MR) is 82.1 cm³/mol. The molecule has 0 atom stereocenters. The minimum Gasteiger partial charge on any atom is -0.854 e. The minimum absolute atomic E-state index is 0.121. The molecule has 1 aromatic heterocycles. The van der Waals surface area contributed by atoms with Gasteiger partial charge in [0.1, 0.15) is 0 Å². The first-order valence-electron chi connectivity index (χ1n) is 6.10. The highest BCUT2D eigenvalue weighted by Crippen LogP contribution is 2.14. The summed E-state index contributed by atoms with van der Waals surface area (Å²) in [6.07, 6.45) is 1.45. The first kappa shape index (κ1) is 15.7. The molecular formula is C13H11BrN6O2. The quantitative estimate of drug-likeness (QED) is 0.451. The van der Waals surface area contributed by atoms with Gasteiger partial charge in [-0.2, -0.15) is 5.10 Å². The average molecular weight is 363 g/mol. The van der Waals surface area contributed by atoms with Crippen molar-refractivity contribution in [2.45, 2.75) is 0 Å². The Morgan fingerprint density at radius 3 is 2.50 bits per heavy atom. The third-order valence-electron chi connectivity index (χ3n) is 2.94. The molecule has 0 aliphatic heterocycles. The molecule has 0 aliphatic rings. The van der Waals surface area contributed by atoms with E-state index in [-0.39, 0.29) is 11.2 Å². The normalized spacial score (nSPS) is 11.8. The Bertz CT molecular complexity index is 902. The third kappa shape index (κ3) is 2.96. The van der Waals surface area contributed by atoms with Gasteiger partial charge in [-0.1, -0.05) is 28.1 Å². The van der Waals surface area contributed by atoms with Crippen molar-refractivity contribution in [1.29, 1.82) is 5.39 Å². The van der Waals surface area contributed by atoms with Crippen LogP contribution in [0, 0.1) is 5.39 Å². The van der Waals surface area contributed by atoms with Crippen LogP contribution in [0.3, 0.4) is 0 Å². The van der Waals surface area contributed by atoms with Gasteiger partial charge in [0.15, 0.2) is 4.98 Å². The highest BCUT2D eigenvalue weighted by Gasteiger charge is 2.18. The van der Waals surface area contributed by atoms with Crippen molar-refractivity contribution < 1.29 is 5.11 Å². The molecule has 22 heavy (non-hydrogen) atoms. The number of rotatable bonds is 2. The fourth-order valence-corrected chi connectivity index (χ4v) is 1.98. The van der Waals surface area contributed by atoms with Crippen molar-refractivity contribution >= 4 is 27.8 Å². The van der Waals surface area contributed by atoms with Crippen LogP contribution in [0.2, 0.25) is 0 Å². The first-order chi connectivity index (χ1) is 10.5. The summed E-state index contributed by atoms with van der Waals surface area (Å²) in [4.78, 5) is 14.7. The van der Waals surface area contributed by atoms with Gasteiger partial charge in [-0.05, 0) is 17.7 Å². The summed E-state index contributed by atoms with van der Waals surface area (Å²) < 4.78 is 2.83. The van der Waals surface area contributed by atoms with Crippen molar-refractivity contribution in [1.82, 2.24) is 9.13 Å². The van der Waals surface area contributed by atoms with Crippen LogP contribution in [-0.2, 0) is 14.1 Å². The largest absolute Gasteiger partial charge is 0.854 e. The van der Waals surface area contributed by atoms with Crippen LogP contribution in [0.5, 0.6) is 5.88 Å². The van der Waals surface area contributed by atoms with E-state index < -0.39 is 11.6 Å². The molecule has 0 radical (unpaired) electrons. The van der Waals surface area contributed by atoms with Crippen LogP contribution in [0.25, 0.3) is 4.98 Å². The van der Waals surface area contributed by atoms with Gasteiger partial charge in [0, 0.05) is 18.6 Å². The van der Waals surface area contributed by atoms with Crippen LogP contribution >= 0.6 is 15.9 Å². The van der Waals surface area contributed by atoms with Crippen LogP contribution in [0.15, 0.2) is 43.7 Å². The van der Waals surface area contributed by atoms with Gasteiger partial charge in [-0.15, -0.1) is 5.10 Å². The van der Waals surface area contributed by atoms with Crippen LogP contribution in [-0.4, -0.2) is 15.3 Å². The molecule has 0 bridgehead atoms. The molecule has 0 unspecified atom stereocenters. The molecule has 9 heteroatoms. The number of halogens is 1. The highest BCUT2D eigenvalue weighted by molar-refractivity contribution is 9.10. The second kappa shape index (κ2) is 6.36. The van der Waals surface area contributed by atoms with E-state index >= 15 is 0 Å². The number of hydrogen-bond acceptors (Lipinski definition) is 5. The molecule has 0 saturated carbocycles. The minimum atomic E-state index is -0.747. The maximum atomic E-state index is 11.8. The molecule has 2 rings (SSSR count). The molecule has 1 heterocycles. The number of nitrogens with zero attached hydrogens (tertiary/aromatic N) is 6. The third-order valence-corrected chi connectivity index (χ3v) is 3.47. The fraction of sp³-hybridized carbons (Fsp3) is 0.154. The predicted octanol–water partition coefficient (Wildman–Crippen LogP) is 0.979. The van der Waals surface area contributed by atoms with Gasteiger partial charge in [-0.25, -0.2) is 4.79 Å². The maximum Gasteiger partial charge on any atom is 0.437 e. The zero-order valence-electron chi connectivity index (χ0n) is 11.8. The molecule has 0 amide bonds. The SMILES string of the molecule is Cn1c([O-])c([N+]#N)/c(=N/N=C/c2ccc(Br)cc2)n(C)c1=O. The topological polar surface area (TPSA) is 103 Å². The summed E-state index contributed by atoms with van der Waals surface area (Å²) in [5.74, 6) is -0.747. The Kier molecular flexibility index (Phi) is 4.53. The van der Waals surface area contributed by atoms with Gasteiger partial charge >= 0.3 is 11.4 Å². The molecule has 1 aromatic carbocycles. The summed E-state index contributed by atoms with van der Waals surface area (Å²) in [6.45, 7) is 0. The van der Waals surface area contributed by atoms with Crippen molar-refractivity contribution in [2.75, 3.05) is 0 Å². The lowest BCUT2D eigenvalue weighted by Crippen LogP contribution is -2.38. The average Bonchev–Trinajstić information content (AvgIpc) is 2.52. The number of benzene rings is 1. The van der Waals surface area contributed by atoms with Crippen molar-refractivity contribution in [3.8, 4) is 5.88 Å². The lowest BCUT2D eigenvalue weighted by molar-refractivity contribution is -0.278. The molecular weight excluding hydrogens is 352 g/mol. The van der Waals surface area contributed by atoms with Gasteiger partial charge in [-0.3, -0.25) is 4.57 Å². The van der Waals surface area contributed by atoms with Gasteiger partial charge < -0.3 is 9.67 Å². The molecule has 0 aliphatic carbocycles. The summed E-state index contributed by atoms with van der Waals surface area (Å²) in [5, 5.41) is 28.4. The van der Waals surface area contributed by atoms with Crippen molar-refractivity contribution in [3.05, 3.63) is 55.2 Å². The molecule has 8 nitrogen and oxygen atoms in total. The monoisotopic (exact) mass is 362 g/mol. The number of hydrogen-bond donors (Lipinski definition) is 0. The van der Waals surface area contributed by atoms with Crippen molar-refractivity contribution in [2.24, 2.45) is 24.3 Å². The zero-order chi connectivity index (χ0) is 16.3. The Balaban J connectivity index is 2.55. The summed E-state index contributed by atoms with van der Waals surface area (Å²) in [7, 11) is 2.69. The lowest BCUT2D eigenvalue weighted by Gasteiger charge is -2.09. The molecule has 2 aromatic rings. The number of aromatic nitrogens is 2. The first-order valence-corrected chi connectivity index (χ1v) is 6.89. The smallest absolute Gasteiger partial charge is 0.437 e. The highest BCUT2D eigenvalue weighted by atomic mass is 79.9. The summed E-state index contributed by atoms with van der Waals surface area (Å²) in [6, 6.07) is 7.29. The molecule has 112 valence electrons. The van der Waals surface area contributed by atoms with Gasteiger partial charge in [0.25, 0.3) is 5.49 Å². The van der Waals surface area contributed by atoms with Gasteiger partial charge in [0.05, 0.1) is 12.1 Å². The molecule has 0 spiro atoms. The molecule has 0 saturated heterocycles. The molecule has 0 N–H and O–H groups in total. The van der Waals surface area contributed by atoms with E-state index in [4.69, 9.17) is 5.39 Å². The zero-order valence-corrected chi connectivity index (χ0v) is 13.4.